The average molecular weight is 476 g/mol. The van der Waals surface area contributed by atoms with E-state index < -0.39 is 11.7 Å². The second-order valence-electron chi connectivity index (χ2n) is 7.61. The number of methoxy groups -OCH3 is 2. The first-order chi connectivity index (χ1) is 16.2. The molecular weight excluding hydrogens is 449 g/mol. The van der Waals surface area contributed by atoms with Gasteiger partial charge in [-0.25, -0.2) is 9.97 Å². The molecule has 1 heterocycles. The Labute approximate surface area is 196 Å². The van der Waals surface area contributed by atoms with Gasteiger partial charge >= 0.3 is 6.18 Å². The van der Waals surface area contributed by atoms with Crippen LogP contribution >= 0.6 is 0 Å². The standard InChI is InChI=1S/C24H27F3N4O3/c1-6-18(32-4)13-34-22-10-19-20(11-21(22)33-5)30-14(2)31-23(19)29-12-15-7-16(24(25,26)27)9-17(8-15)28-3/h7-11,18H,3,6,12-13H2,1-2,4-5H3,(H,29,30,31). The van der Waals surface area contributed by atoms with Crippen LogP contribution in [0.2, 0.25) is 0 Å². The van der Waals surface area contributed by atoms with E-state index in [0.29, 0.717) is 46.2 Å². The Morgan fingerprint density at radius 3 is 2.47 bits per heavy atom. The number of fused-ring (bicyclic) bond motifs is 1. The quantitative estimate of drug-likeness (QED) is 0.378. The summed E-state index contributed by atoms with van der Waals surface area (Å²) in [6.45, 7) is 7.48. The molecule has 1 N–H and O–H groups in total. The Morgan fingerprint density at radius 1 is 1.09 bits per heavy atom. The van der Waals surface area contributed by atoms with Crippen molar-refractivity contribution in [1.82, 2.24) is 9.97 Å². The number of aromatic nitrogens is 2. The zero-order valence-electron chi connectivity index (χ0n) is 19.5. The van der Waals surface area contributed by atoms with Crippen molar-refractivity contribution in [2.75, 3.05) is 26.1 Å². The molecule has 0 bridgehead atoms. The molecule has 1 aromatic heterocycles. The van der Waals surface area contributed by atoms with E-state index in [0.717, 1.165) is 18.6 Å². The maximum absolute atomic E-state index is 13.3. The number of aryl methyl sites for hydroxylation is 1. The van der Waals surface area contributed by atoms with Gasteiger partial charge in [-0.3, -0.25) is 4.99 Å². The van der Waals surface area contributed by atoms with Crippen LogP contribution < -0.4 is 14.8 Å². The normalized spacial score (nSPS) is 12.4. The highest BCUT2D eigenvalue weighted by Gasteiger charge is 2.31. The summed E-state index contributed by atoms with van der Waals surface area (Å²) in [5, 5.41) is 3.76. The maximum atomic E-state index is 13.3. The van der Waals surface area contributed by atoms with Gasteiger partial charge in [-0.15, -0.1) is 0 Å². The molecule has 7 nitrogen and oxygen atoms in total. The Bertz CT molecular complexity index is 1160. The number of hydrogen-bond donors (Lipinski definition) is 1. The molecule has 2 aromatic carbocycles. The lowest BCUT2D eigenvalue weighted by Crippen LogP contribution is -2.19. The van der Waals surface area contributed by atoms with Gasteiger partial charge in [0, 0.05) is 25.1 Å². The number of rotatable bonds is 10. The summed E-state index contributed by atoms with van der Waals surface area (Å²) >= 11 is 0. The van der Waals surface area contributed by atoms with E-state index in [1.54, 1.807) is 32.2 Å². The first kappa shape index (κ1) is 25.2. The van der Waals surface area contributed by atoms with Crippen molar-refractivity contribution in [2.24, 2.45) is 4.99 Å². The fraction of sp³-hybridized carbons (Fsp3) is 0.375. The van der Waals surface area contributed by atoms with Crippen molar-refractivity contribution < 1.29 is 27.4 Å². The van der Waals surface area contributed by atoms with Gasteiger partial charge < -0.3 is 19.5 Å². The third-order valence-corrected chi connectivity index (χ3v) is 5.25. The number of alkyl halides is 3. The highest BCUT2D eigenvalue weighted by molar-refractivity contribution is 5.91. The van der Waals surface area contributed by atoms with E-state index in [1.807, 2.05) is 6.92 Å². The molecule has 3 aromatic rings. The molecule has 10 heteroatoms. The highest BCUT2D eigenvalue weighted by atomic mass is 19.4. The molecule has 1 unspecified atom stereocenters. The number of halogens is 3. The number of ether oxygens (including phenoxy) is 3. The monoisotopic (exact) mass is 476 g/mol. The van der Waals surface area contributed by atoms with Gasteiger partial charge in [0.25, 0.3) is 0 Å². The van der Waals surface area contributed by atoms with Crippen molar-refractivity contribution in [1.29, 1.82) is 0 Å². The molecule has 0 spiro atoms. The van der Waals surface area contributed by atoms with Crippen LogP contribution in [0.4, 0.5) is 24.7 Å². The van der Waals surface area contributed by atoms with Crippen molar-refractivity contribution in [3.05, 3.63) is 47.3 Å². The first-order valence-corrected chi connectivity index (χ1v) is 10.6. The minimum Gasteiger partial charge on any atom is -0.493 e. The van der Waals surface area contributed by atoms with Crippen molar-refractivity contribution in [2.45, 2.75) is 39.1 Å². The van der Waals surface area contributed by atoms with Gasteiger partial charge in [0.1, 0.15) is 18.2 Å². The summed E-state index contributed by atoms with van der Waals surface area (Å²) in [5.74, 6) is 1.94. The summed E-state index contributed by atoms with van der Waals surface area (Å²) < 4.78 is 56.6. The van der Waals surface area contributed by atoms with Gasteiger partial charge in [0.05, 0.1) is 30.0 Å². The summed E-state index contributed by atoms with van der Waals surface area (Å²) in [6.07, 6.45) is -3.80. The zero-order valence-corrected chi connectivity index (χ0v) is 19.5. The Balaban J connectivity index is 1.96. The number of benzene rings is 2. The smallest absolute Gasteiger partial charge is 0.416 e. The molecule has 0 aliphatic rings. The van der Waals surface area contributed by atoms with Gasteiger partial charge in [-0.2, -0.15) is 13.2 Å². The largest absolute Gasteiger partial charge is 0.493 e. The Morgan fingerprint density at radius 2 is 1.85 bits per heavy atom. The van der Waals surface area contributed by atoms with Gasteiger partial charge in [0.2, 0.25) is 0 Å². The second kappa shape index (κ2) is 10.7. The zero-order chi connectivity index (χ0) is 24.9. The molecule has 0 radical (unpaired) electrons. The molecule has 0 saturated carbocycles. The van der Waals surface area contributed by atoms with Crippen molar-refractivity contribution >= 4 is 29.1 Å². The van der Waals surface area contributed by atoms with E-state index in [2.05, 4.69) is 27.0 Å². The average Bonchev–Trinajstić information content (AvgIpc) is 2.81. The van der Waals surface area contributed by atoms with Crippen molar-refractivity contribution in [3.8, 4) is 11.5 Å². The fourth-order valence-corrected chi connectivity index (χ4v) is 3.41. The van der Waals surface area contributed by atoms with Crippen LogP contribution in [0.3, 0.4) is 0 Å². The summed E-state index contributed by atoms with van der Waals surface area (Å²) in [6, 6.07) is 7.06. The van der Waals surface area contributed by atoms with Crippen LogP contribution in [0.15, 0.2) is 35.3 Å². The van der Waals surface area contributed by atoms with Crippen LogP contribution in [-0.2, 0) is 17.5 Å². The number of aliphatic imine (C=N–C) groups is 1. The number of anilines is 1. The van der Waals surface area contributed by atoms with Crippen molar-refractivity contribution in [3.63, 3.8) is 0 Å². The van der Waals surface area contributed by atoms with E-state index in [1.165, 1.54) is 7.11 Å². The number of nitrogens with one attached hydrogen (secondary N) is 1. The van der Waals surface area contributed by atoms with Crippen LogP contribution in [0.25, 0.3) is 10.9 Å². The van der Waals surface area contributed by atoms with Gasteiger partial charge in [-0.05, 0) is 49.9 Å². The molecule has 34 heavy (non-hydrogen) atoms. The van der Waals surface area contributed by atoms with E-state index in [4.69, 9.17) is 14.2 Å². The third-order valence-electron chi connectivity index (χ3n) is 5.25. The molecule has 0 saturated heterocycles. The topological polar surface area (TPSA) is 77.9 Å². The van der Waals surface area contributed by atoms with Crippen LogP contribution in [-0.4, -0.2) is 43.6 Å². The lowest BCUT2D eigenvalue weighted by molar-refractivity contribution is -0.137. The predicted molar refractivity (Wildman–Crippen MR) is 125 cm³/mol. The summed E-state index contributed by atoms with van der Waals surface area (Å²) in [5.41, 5.74) is 0.342. The van der Waals surface area contributed by atoms with E-state index in [9.17, 15) is 13.2 Å². The molecular formula is C24H27F3N4O3. The van der Waals surface area contributed by atoms with E-state index >= 15 is 0 Å². The lowest BCUT2D eigenvalue weighted by atomic mass is 10.1. The Hall–Kier alpha value is -3.40. The third kappa shape index (κ3) is 5.93. The minimum atomic E-state index is -4.49. The molecule has 182 valence electrons. The van der Waals surface area contributed by atoms with E-state index in [-0.39, 0.29) is 18.3 Å². The predicted octanol–water partition coefficient (Wildman–Crippen LogP) is 5.71. The van der Waals surface area contributed by atoms with Crippen LogP contribution in [0.5, 0.6) is 11.5 Å². The van der Waals surface area contributed by atoms with Crippen LogP contribution in [0, 0.1) is 6.92 Å². The second-order valence-corrected chi connectivity index (χ2v) is 7.61. The van der Waals surface area contributed by atoms with Gasteiger partial charge in [-0.1, -0.05) is 6.92 Å². The Kier molecular flexibility index (Phi) is 7.93. The summed E-state index contributed by atoms with van der Waals surface area (Å²) in [7, 11) is 3.16. The molecule has 0 amide bonds. The summed E-state index contributed by atoms with van der Waals surface area (Å²) in [4.78, 5) is 12.6. The molecule has 1 atom stereocenters. The maximum Gasteiger partial charge on any atom is 0.416 e. The highest BCUT2D eigenvalue weighted by Crippen LogP contribution is 2.36. The van der Waals surface area contributed by atoms with Crippen LogP contribution in [0.1, 0.15) is 30.3 Å². The first-order valence-electron chi connectivity index (χ1n) is 10.6. The molecule has 0 fully saturated rings. The number of nitrogens with zero attached hydrogens (tertiary/aromatic N) is 3. The molecule has 0 aliphatic heterocycles. The lowest BCUT2D eigenvalue weighted by Gasteiger charge is -2.17. The minimum absolute atomic E-state index is 0.0826. The molecule has 3 rings (SSSR count). The molecule has 0 aliphatic carbocycles. The number of hydrogen-bond acceptors (Lipinski definition) is 7. The SMILES string of the molecule is C=Nc1cc(CNc2nc(C)nc3cc(OC)c(OCC(CC)OC)cc23)cc(C(F)(F)F)c1. The fourth-order valence-electron chi connectivity index (χ4n) is 3.41. The van der Waals surface area contributed by atoms with Gasteiger partial charge in [0.15, 0.2) is 11.5 Å².